The summed E-state index contributed by atoms with van der Waals surface area (Å²) in [5.74, 6) is -0.0758. The lowest BCUT2D eigenvalue weighted by atomic mass is 9.74. The molecule has 2 aromatic carbocycles. The highest BCUT2D eigenvalue weighted by molar-refractivity contribution is 6.30. The zero-order chi connectivity index (χ0) is 19.7. The molecule has 1 fully saturated rings. The minimum absolute atomic E-state index is 0.0758. The highest BCUT2D eigenvalue weighted by Crippen LogP contribution is 2.35. The third kappa shape index (κ3) is 3.67. The van der Waals surface area contributed by atoms with Gasteiger partial charge in [0.05, 0.1) is 0 Å². The van der Waals surface area contributed by atoms with E-state index in [0.29, 0.717) is 25.5 Å². The molecule has 0 radical (unpaired) electrons. The number of carbonyl (C=O) groups is 1. The van der Waals surface area contributed by atoms with Crippen molar-refractivity contribution in [3.8, 4) is 0 Å². The van der Waals surface area contributed by atoms with Gasteiger partial charge < -0.3 is 15.0 Å². The summed E-state index contributed by atoms with van der Waals surface area (Å²) in [5.41, 5.74) is 5.03. The van der Waals surface area contributed by atoms with Crippen molar-refractivity contribution in [2.24, 2.45) is 0 Å². The minimum Gasteiger partial charge on any atom is -0.381 e. The normalized spacial score (nSPS) is 16.2. The van der Waals surface area contributed by atoms with Gasteiger partial charge in [-0.05, 0) is 67.6 Å². The fourth-order valence-electron chi connectivity index (χ4n) is 4.20. The first kappa shape index (κ1) is 19.0. The van der Waals surface area contributed by atoms with Gasteiger partial charge >= 0.3 is 0 Å². The first-order valence-electron chi connectivity index (χ1n) is 9.69. The maximum atomic E-state index is 12.9. The van der Waals surface area contributed by atoms with Gasteiger partial charge in [0.2, 0.25) is 0 Å². The van der Waals surface area contributed by atoms with Gasteiger partial charge in [-0.2, -0.15) is 0 Å². The Morgan fingerprint density at radius 2 is 1.86 bits per heavy atom. The molecule has 1 saturated heterocycles. The second kappa shape index (κ2) is 7.61. The summed E-state index contributed by atoms with van der Waals surface area (Å²) in [6, 6.07) is 14.1. The van der Waals surface area contributed by atoms with E-state index in [9.17, 15) is 4.79 Å². The molecule has 28 heavy (non-hydrogen) atoms. The third-order valence-corrected chi connectivity index (χ3v) is 6.08. The summed E-state index contributed by atoms with van der Waals surface area (Å²) >= 11 is 6.07. The molecule has 0 spiro atoms. The molecule has 4 rings (SSSR count). The van der Waals surface area contributed by atoms with E-state index in [2.05, 4.69) is 48.4 Å². The fraction of sp³-hybridized carbons (Fsp3) is 0.348. The van der Waals surface area contributed by atoms with Crippen LogP contribution in [0.3, 0.4) is 0 Å². The second-order valence-electron chi connectivity index (χ2n) is 7.81. The molecule has 0 saturated carbocycles. The molecule has 0 unspecified atom stereocenters. The van der Waals surface area contributed by atoms with Crippen molar-refractivity contribution in [1.29, 1.82) is 0 Å². The first-order valence-corrected chi connectivity index (χ1v) is 10.1. The van der Waals surface area contributed by atoms with Gasteiger partial charge in [0.25, 0.3) is 5.91 Å². The molecule has 0 atom stereocenters. The number of aromatic nitrogens is 1. The van der Waals surface area contributed by atoms with E-state index in [-0.39, 0.29) is 11.3 Å². The van der Waals surface area contributed by atoms with Crippen LogP contribution < -0.4 is 5.32 Å². The van der Waals surface area contributed by atoms with Crippen molar-refractivity contribution in [1.82, 2.24) is 10.3 Å². The minimum atomic E-state index is -0.128. The van der Waals surface area contributed by atoms with Gasteiger partial charge in [-0.15, -0.1) is 0 Å². The zero-order valence-corrected chi connectivity index (χ0v) is 17.0. The van der Waals surface area contributed by atoms with Crippen LogP contribution in [0.2, 0.25) is 5.02 Å². The van der Waals surface area contributed by atoms with E-state index < -0.39 is 0 Å². The molecule has 1 aliphatic heterocycles. The molecular weight excluding hydrogens is 372 g/mol. The molecule has 5 heteroatoms. The predicted octanol–water partition coefficient (Wildman–Crippen LogP) is 4.92. The fourth-order valence-corrected chi connectivity index (χ4v) is 4.33. The highest BCUT2D eigenvalue weighted by Gasteiger charge is 2.35. The standard InChI is InChI=1S/C23H25ClN2O2/c1-15-11-16(2)19-13-21(26-20(19)12-15)22(27)25-14-23(7-9-28-10-8-23)17-3-5-18(24)6-4-17/h3-6,11-13,26H,7-10,14H2,1-2H3,(H,25,27). The van der Waals surface area contributed by atoms with E-state index in [1.54, 1.807) is 0 Å². The number of carbonyl (C=O) groups excluding carboxylic acids is 1. The van der Waals surface area contributed by atoms with Gasteiger partial charge in [0.1, 0.15) is 5.69 Å². The van der Waals surface area contributed by atoms with Crippen LogP contribution in [0, 0.1) is 13.8 Å². The van der Waals surface area contributed by atoms with Crippen LogP contribution in [0.1, 0.15) is 40.0 Å². The van der Waals surface area contributed by atoms with Gasteiger partial charge in [0, 0.05) is 41.1 Å². The lowest BCUT2D eigenvalue weighted by Gasteiger charge is -2.38. The summed E-state index contributed by atoms with van der Waals surface area (Å²) in [4.78, 5) is 16.2. The van der Waals surface area contributed by atoms with Crippen LogP contribution in [0.4, 0.5) is 0 Å². The van der Waals surface area contributed by atoms with Crippen molar-refractivity contribution in [2.45, 2.75) is 32.1 Å². The number of H-pyrrole nitrogens is 1. The Balaban J connectivity index is 1.56. The molecule has 4 nitrogen and oxygen atoms in total. The van der Waals surface area contributed by atoms with Gasteiger partial charge in [-0.1, -0.05) is 29.8 Å². The number of amides is 1. The number of aryl methyl sites for hydroxylation is 2. The number of aromatic amines is 1. The van der Waals surface area contributed by atoms with Crippen LogP contribution in [0.5, 0.6) is 0 Å². The number of nitrogens with one attached hydrogen (secondary N) is 2. The van der Waals surface area contributed by atoms with E-state index in [4.69, 9.17) is 16.3 Å². The molecule has 0 aliphatic carbocycles. The van der Waals surface area contributed by atoms with E-state index >= 15 is 0 Å². The predicted molar refractivity (Wildman–Crippen MR) is 113 cm³/mol. The van der Waals surface area contributed by atoms with Crippen molar-refractivity contribution in [3.63, 3.8) is 0 Å². The average molecular weight is 397 g/mol. The SMILES string of the molecule is Cc1cc(C)c2cc(C(=O)NCC3(c4ccc(Cl)cc4)CCOCC3)[nH]c2c1. The van der Waals surface area contributed by atoms with Crippen molar-refractivity contribution in [2.75, 3.05) is 19.8 Å². The summed E-state index contributed by atoms with van der Waals surface area (Å²) < 4.78 is 5.58. The van der Waals surface area contributed by atoms with E-state index in [0.717, 1.165) is 28.8 Å². The molecule has 1 amide bonds. The van der Waals surface area contributed by atoms with Gasteiger partial charge in [-0.3, -0.25) is 4.79 Å². The number of hydrogen-bond acceptors (Lipinski definition) is 2. The first-order chi connectivity index (χ1) is 13.5. The number of hydrogen-bond donors (Lipinski definition) is 2. The molecule has 0 bridgehead atoms. The summed E-state index contributed by atoms with van der Waals surface area (Å²) in [7, 11) is 0. The quantitative estimate of drug-likeness (QED) is 0.657. The zero-order valence-electron chi connectivity index (χ0n) is 16.3. The second-order valence-corrected chi connectivity index (χ2v) is 8.24. The smallest absolute Gasteiger partial charge is 0.267 e. The van der Waals surface area contributed by atoms with Crippen LogP contribution in [0.15, 0.2) is 42.5 Å². The molecule has 1 aliphatic rings. The lowest BCUT2D eigenvalue weighted by molar-refractivity contribution is 0.0487. The molecule has 146 valence electrons. The van der Waals surface area contributed by atoms with Gasteiger partial charge in [0.15, 0.2) is 0 Å². The van der Waals surface area contributed by atoms with E-state index in [1.165, 1.54) is 16.7 Å². The molecule has 1 aromatic heterocycles. The van der Waals surface area contributed by atoms with Crippen molar-refractivity contribution < 1.29 is 9.53 Å². The van der Waals surface area contributed by atoms with Crippen LogP contribution in [-0.4, -0.2) is 30.6 Å². The van der Waals surface area contributed by atoms with E-state index in [1.807, 2.05) is 18.2 Å². The Morgan fingerprint density at radius 3 is 2.57 bits per heavy atom. The van der Waals surface area contributed by atoms with Crippen LogP contribution in [-0.2, 0) is 10.2 Å². The maximum absolute atomic E-state index is 12.9. The molecular formula is C23H25ClN2O2. The number of ether oxygens (including phenoxy) is 1. The monoisotopic (exact) mass is 396 g/mol. The molecule has 2 heterocycles. The van der Waals surface area contributed by atoms with Gasteiger partial charge in [-0.25, -0.2) is 0 Å². The summed E-state index contributed by atoms with van der Waals surface area (Å²) in [5, 5.41) is 4.97. The lowest BCUT2D eigenvalue weighted by Crippen LogP contribution is -2.44. The summed E-state index contributed by atoms with van der Waals surface area (Å²) in [6.45, 7) is 6.10. The van der Waals surface area contributed by atoms with Crippen LogP contribution >= 0.6 is 11.6 Å². The summed E-state index contributed by atoms with van der Waals surface area (Å²) in [6.07, 6.45) is 1.75. The Kier molecular flexibility index (Phi) is 5.17. The molecule has 2 N–H and O–H groups in total. The maximum Gasteiger partial charge on any atom is 0.267 e. The molecule has 3 aromatic rings. The Bertz CT molecular complexity index is 1000. The number of benzene rings is 2. The van der Waals surface area contributed by atoms with Crippen molar-refractivity contribution >= 4 is 28.4 Å². The Morgan fingerprint density at radius 1 is 1.14 bits per heavy atom. The highest BCUT2D eigenvalue weighted by atomic mass is 35.5. The third-order valence-electron chi connectivity index (χ3n) is 5.83. The number of halogens is 1. The average Bonchev–Trinajstić information content (AvgIpc) is 3.12. The Hall–Kier alpha value is -2.30. The van der Waals surface area contributed by atoms with Crippen LogP contribution in [0.25, 0.3) is 10.9 Å². The van der Waals surface area contributed by atoms with Crippen molar-refractivity contribution in [3.05, 3.63) is 69.9 Å². The number of rotatable bonds is 4. The number of fused-ring (bicyclic) bond motifs is 1. The largest absolute Gasteiger partial charge is 0.381 e. The topological polar surface area (TPSA) is 54.1 Å². The Labute approximate surface area is 170 Å².